The van der Waals surface area contributed by atoms with Crippen molar-refractivity contribution in [3.8, 4) is 22.6 Å². The van der Waals surface area contributed by atoms with Gasteiger partial charge in [-0.25, -0.2) is 9.37 Å². The number of rotatable bonds is 4. The molecule has 118 valence electrons. The second-order valence-electron chi connectivity index (χ2n) is 5.44. The zero-order valence-electron chi connectivity index (χ0n) is 12.7. The summed E-state index contributed by atoms with van der Waals surface area (Å²) >= 11 is 0. The molecule has 0 amide bonds. The molecular formula is C18H14FN5. The van der Waals surface area contributed by atoms with Crippen LogP contribution in [0, 0.1) is 5.82 Å². The smallest absolute Gasteiger partial charge is 0.184 e. The van der Waals surface area contributed by atoms with Crippen LogP contribution in [0.15, 0.2) is 60.8 Å². The quantitative estimate of drug-likeness (QED) is 0.604. The second kappa shape index (κ2) is 6.08. The average molecular weight is 319 g/mol. The summed E-state index contributed by atoms with van der Waals surface area (Å²) in [5.41, 5.74) is 3.28. The number of hydrogen-bond acceptors (Lipinski definition) is 3. The third kappa shape index (κ3) is 2.81. The van der Waals surface area contributed by atoms with Gasteiger partial charge >= 0.3 is 0 Å². The summed E-state index contributed by atoms with van der Waals surface area (Å²) < 4.78 is 13.5. The summed E-state index contributed by atoms with van der Waals surface area (Å²) in [6.07, 6.45) is 2.32. The molecule has 2 aromatic heterocycles. The summed E-state index contributed by atoms with van der Waals surface area (Å²) in [5.74, 6) is 1.00. The number of nitrogens with one attached hydrogen (secondary N) is 2. The number of aromatic nitrogens is 5. The first kappa shape index (κ1) is 14.3. The van der Waals surface area contributed by atoms with Gasteiger partial charge in [-0.05, 0) is 17.7 Å². The Labute approximate surface area is 137 Å². The molecule has 2 heterocycles. The van der Waals surface area contributed by atoms with Gasteiger partial charge < -0.3 is 0 Å². The fourth-order valence-electron chi connectivity index (χ4n) is 2.60. The Morgan fingerprint density at radius 3 is 2.67 bits per heavy atom. The summed E-state index contributed by atoms with van der Waals surface area (Å²) in [4.78, 5) is 4.54. The van der Waals surface area contributed by atoms with Crippen molar-refractivity contribution in [3.05, 3.63) is 78.0 Å². The lowest BCUT2D eigenvalue weighted by Gasteiger charge is -2.00. The van der Waals surface area contributed by atoms with Crippen LogP contribution in [0.3, 0.4) is 0 Å². The van der Waals surface area contributed by atoms with E-state index < -0.39 is 0 Å². The van der Waals surface area contributed by atoms with Crippen molar-refractivity contribution in [3.63, 3.8) is 0 Å². The third-order valence-corrected chi connectivity index (χ3v) is 3.74. The minimum Gasteiger partial charge on any atom is -0.277 e. The first-order chi connectivity index (χ1) is 11.8. The molecule has 0 aliphatic rings. The van der Waals surface area contributed by atoms with Crippen LogP contribution in [0.2, 0.25) is 0 Å². The largest absolute Gasteiger partial charge is 0.277 e. The van der Waals surface area contributed by atoms with Crippen LogP contribution in [0.4, 0.5) is 4.39 Å². The van der Waals surface area contributed by atoms with Gasteiger partial charge in [-0.15, -0.1) is 0 Å². The van der Waals surface area contributed by atoms with Crippen molar-refractivity contribution in [2.24, 2.45) is 0 Å². The molecule has 5 nitrogen and oxygen atoms in total. The average Bonchev–Trinajstić information content (AvgIpc) is 3.24. The zero-order valence-corrected chi connectivity index (χ0v) is 12.7. The Morgan fingerprint density at radius 2 is 1.83 bits per heavy atom. The maximum atomic E-state index is 13.5. The topological polar surface area (TPSA) is 70.2 Å². The minimum absolute atomic E-state index is 0.298. The van der Waals surface area contributed by atoms with Crippen LogP contribution in [0.5, 0.6) is 0 Å². The Bertz CT molecular complexity index is 958. The number of halogens is 1. The normalized spacial score (nSPS) is 10.9. The molecular weight excluding hydrogens is 305 g/mol. The Kier molecular flexibility index (Phi) is 3.63. The molecule has 0 spiro atoms. The summed E-state index contributed by atoms with van der Waals surface area (Å²) in [5, 5.41) is 14.2. The van der Waals surface area contributed by atoms with E-state index in [2.05, 4.69) is 25.4 Å². The van der Waals surface area contributed by atoms with Gasteiger partial charge in [0.05, 0.1) is 17.5 Å². The van der Waals surface area contributed by atoms with Crippen LogP contribution < -0.4 is 0 Å². The lowest BCUT2D eigenvalue weighted by molar-refractivity contribution is 0.628. The first-order valence-corrected chi connectivity index (χ1v) is 7.54. The molecule has 0 bridgehead atoms. The van der Waals surface area contributed by atoms with Gasteiger partial charge in [0, 0.05) is 12.0 Å². The number of aromatic amines is 2. The van der Waals surface area contributed by atoms with Gasteiger partial charge in [0.15, 0.2) is 5.82 Å². The van der Waals surface area contributed by atoms with Crippen molar-refractivity contribution in [1.82, 2.24) is 25.4 Å². The molecule has 0 saturated heterocycles. The van der Waals surface area contributed by atoms with Crippen molar-refractivity contribution < 1.29 is 4.39 Å². The molecule has 0 aliphatic carbocycles. The van der Waals surface area contributed by atoms with Gasteiger partial charge in [-0.3, -0.25) is 10.2 Å². The van der Waals surface area contributed by atoms with E-state index in [1.165, 1.54) is 12.1 Å². The predicted molar refractivity (Wildman–Crippen MR) is 88.6 cm³/mol. The predicted octanol–water partition coefficient (Wildman–Crippen LogP) is 3.59. The maximum absolute atomic E-state index is 13.5. The molecule has 4 aromatic rings. The molecule has 0 unspecified atom stereocenters. The summed E-state index contributed by atoms with van der Waals surface area (Å²) in [6.45, 7) is 0. The number of hydrogen-bond donors (Lipinski definition) is 2. The molecule has 2 N–H and O–H groups in total. The van der Waals surface area contributed by atoms with Gasteiger partial charge in [-0.1, -0.05) is 42.5 Å². The van der Waals surface area contributed by atoms with E-state index >= 15 is 0 Å². The molecule has 4 rings (SSSR count). The Balaban J connectivity index is 1.65. The highest BCUT2D eigenvalue weighted by molar-refractivity contribution is 5.76. The molecule has 2 aromatic carbocycles. The van der Waals surface area contributed by atoms with Gasteiger partial charge in [0.2, 0.25) is 0 Å². The number of benzene rings is 2. The highest BCUT2D eigenvalue weighted by Gasteiger charge is 2.15. The van der Waals surface area contributed by atoms with Crippen molar-refractivity contribution in [1.29, 1.82) is 0 Å². The van der Waals surface area contributed by atoms with Crippen LogP contribution in [0.25, 0.3) is 22.6 Å². The molecule has 0 aliphatic heterocycles. The van der Waals surface area contributed by atoms with Gasteiger partial charge in [-0.2, -0.15) is 10.2 Å². The molecule has 6 heteroatoms. The molecule has 0 radical (unpaired) electrons. The van der Waals surface area contributed by atoms with Gasteiger partial charge in [0.25, 0.3) is 0 Å². The van der Waals surface area contributed by atoms with Crippen molar-refractivity contribution in [2.75, 3.05) is 0 Å². The van der Waals surface area contributed by atoms with E-state index in [0.29, 0.717) is 23.5 Å². The molecule has 0 atom stereocenters. The van der Waals surface area contributed by atoms with E-state index in [0.717, 1.165) is 17.0 Å². The third-order valence-electron chi connectivity index (χ3n) is 3.74. The van der Waals surface area contributed by atoms with E-state index in [1.54, 1.807) is 12.3 Å². The highest BCUT2D eigenvalue weighted by Crippen LogP contribution is 2.28. The molecule has 0 saturated carbocycles. The first-order valence-electron chi connectivity index (χ1n) is 7.54. The van der Waals surface area contributed by atoms with E-state index in [-0.39, 0.29) is 5.82 Å². The standard InChI is InChI=1S/C18H14FN5/c19-14-8-4-7-13(10-14)17-15(11-20-23-17)18-21-16(22-24-18)9-12-5-2-1-3-6-12/h1-8,10-11H,9H2,(H,20,23)(H,21,22,24). The maximum Gasteiger partial charge on any atom is 0.184 e. The van der Waals surface area contributed by atoms with E-state index in [4.69, 9.17) is 0 Å². The van der Waals surface area contributed by atoms with Gasteiger partial charge in [0.1, 0.15) is 11.6 Å². The molecule has 0 fully saturated rings. The molecule has 24 heavy (non-hydrogen) atoms. The van der Waals surface area contributed by atoms with E-state index in [1.807, 2.05) is 36.4 Å². The lowest BCUT2D eigenvalue weighted by atomic mass is 10.1. The van der Waals surface area contributed by atoms with Crippen LogP contribution in [-0.4, -0.2) is 25.4 Å². The van der Waals surface area contributed by atoms with E-state index in [9.17, 15) is 4.39 Å². The summed E-state index contributed by atoms with van der Waals surface area (Å²) in [7, 11) is 0. The number of nitrogens with zero attached hydrogens (tertiary/aromatic N) is 3. The highest BCUT2D eigenvalue weighted by atomic mass is 19.1. The van der Waals surface area contributed by atoms with Crippen LogP contribution >= 0.6 is 0 Å². The monoisotopic (exact) mass is 319 g/mol. The SMILES string of the molecule is Fc1cccc(-c2[nH]ncc2-c2n[nH]c(Cc3ccccc3)n2)c1. The fraction of sp³-hybridized carbons (Fsp3) is 0.0556. The zero-order chi connectivity index (χ0) is 16.4. The van der Waals surface area contributed by atoms with Crippen LogP contribution in [0.1, 0.15) is 11.4 Å². The lowest BCUT2D eigenvalue weighted by Crippen LogP contribution is -1.90. The Hall–Kier alpha value is -3.28. The van der Waals surface area contributed by atoms with Crippen molar-refractivity contribution in [2.45, 2.75) is 6.42 Å². The summed E-state index contributed by atoms with van der Waals surface area (Å²) in [6, 6.07) is 16.4. The fourth-order valence-corrected chi connectivity index (χ4v) is 2.60. The Morgan fingerprint density at radius 1 is 0.958 bits per heavy atom. The second-order valence-corrected chi connectivity index (χ2v) is 5.44. The van der Waals surface area contributed by atoms with Crippen LogP contribution in [-0.2, 0) is 6.42 Å². The number of H-pyrrole nitrogens is 2. The minimum atomic E-state index is -0.298. The van der Waals surface area contributed by atoms with Crippen molar-refractivity contribution >= 4 is 0 Å².